The standard InChI is InChI=1S/C29H27FN2O3/c1-19-6-3-4-8-24(19)26(17-28(31-35)23-7-5-15-32(2)18-23)25-14-13-22(16-27(25)30)20-9-11-21(12-10-20)29(33)34/h3-14,16,18,26,28H,15,17H2,1-2H3,(H,33,34). The zero-order valence-electron chi connectivity index (χ0n) is 19.7. The van der Waals surface area contributed by atoms with Crippen molar-refractivity contribution in [2.24, 2.45) is 5.18 Å². The van der Waals surface area contributed by atoms with Crippen molar-refractivity contribution in [1.29, 1.82) is 0 Å². The minimum absolute atomic E-state index is 0.176. The number of carboxylic acid groups (broad SMARTS) is 1. The van der Waals surface area contributed by atoms with Crippen molar-refractivity contribution in [2.45, 2.75) is 25.3 Å². The normalized spacial score (nSPS) is 14.8. The summed E-state index contributed by atoms with van der Waals surface area (Å²) in [5.41, 5.74) is 4.81. The Morgan fingerprint density at radius 1 is 1.06 bits per heavy atom. The van der Waals surface area contributed by atoms with Gasteiger partial charge in [-0.25, -0.2) is 9.18 Å². The van der Waals surface area contributed by atoms with E-state index < -0.39 is 12.0 Å². The van der Waals surface area contributed by atoms with Crippen molar-refractivity contribution < 1.29 is 14.3 Å². The van der Waals surface area contributed by atoms with E-state index in [1.165, 1.54) is 18.2 Å². The Kier molecular flexibility index (Phi) is 7.20. The van der Waals surface area contributed by atoms with Gasteiger partial charge in [-0.05, 0) is 64.9 Å². The van der Waals surface area contributed by atoms with Crippen molar-refractivity contribution in [3.63, 3.8) is 0 Å². The van der Waals surface area contributed by atoms with Crippen LogP contribution in [-0.4, -0.2) is 35.6 Å². The third-order valence-corrected chi connectivity index (χ3v) is 6.45. The van der Waals surface area contributed by atoms with Gasteiger partial charge >= 0.3 is 5.97 Å². The molecule has 0 bridgehead atoms. The third-order valence-electron chi connectivity index (χ3n) is 6.45. The Labute approximate surface area is 204 Å². The molecule has 0 amide bonds. The fourth-order valence-electron chi connectivity index (χ4n) is 4.56. The summed E-state index contributed by atoms with van der Waals surface area (Å²) in [6.07, 6.45) is 6.16. The molecular formula is C29H27FN2O3. The molecule has 1 N–H and O–H groups in total. The van der Waals surface area contributed by atoms with Crippen LogP contribution in [0.2, 0.25) is 0 Å². The number of aromatic carboxylic acids is 1. The second-order valence-electron chi connectivity index (χ2n) is 8.86. The van der Waals surface area contributed by atoms with Crippen LogP contribution in [0.15, 0.2) is 95.8 Å². The van der Waals surface area contributed by atoms with Crippen LogP contribution in [0, 0.1) is 17.6 Å². The van der Waals surface area contributed by atoms with Gasteiger partial charge < -0.3 is 10.0 Å². The molecule has 0 radical (unpaired) electrons. The summed E-state index contributed by atoms with van der Waals surface area (Å²) in [6.45, 7) is 2.75. The molecule has 0 saturated heterocycles. The first-order chi connectivity index (χ1) is 16.9. The average molecular weight is 471 g/mol. The molecule has 35 heavy (non-hydrogen) atoms. The number of halogens is 1. The number of nitroso groups, excluding NO2 is 1. The molecule has 6 heteroatoms. The molecule has 4 rings (SSSR count). The smallest absolute Gasteiger partial charge is 0.335 e. The highest BCUT2D eigenvalue weighted by molar-refractivity contribution is 5.88. The van der Waals surface area contributed by atoms with E-state index in [0.29, 0.717) is 17.5 Å². The molecule has 0 spiro atoms. The first-order valence-electron chi connectivity index (χ1n) is 11.5. The van der Waals surface area contributed by atoms with Crippen molar-refractivity contribution >= 4 is 5.97 Å². The van der Waals surface area contributed by atoms with Crippen LogP contribution in [0.4, 0.5) is 4.39 Å². The first-order valence-corrected chi connectivity index (χ1v) is 11.5. The van der Waals surface area contributed by atoms with E-state index in [4.69, 9.17) is 5.11 Å². The maximum atomic E-state index is 15.6. The Morgan fingerprint density at radius 3 is 2.40 bits per heavy atom. The van der Waals surface area contributed by atoms with E-state index in [9.17, 15) is 9.70 Å². The van der Waals surface area contributed by atoms with Crippen LogP contribution in [0.3, 0.4) is 0 Å². The van der Waals surface area contributed by atoms with Gasteiger partial charge in [0.1, 0.15) is 11.9 Å². The number of hydrogen-bond acceptors (Lipinski definition) is 4. The number of rotatable bonds is 8. The van der Waals surface area contributed by atoms with Gasteiger partial charge in [-0.3, -0.25) is 0 Å². The summed E-state index contributed by atoms with van der Waals surface area (Å²) in [5.74, 6) is -1.76. The molecule has 1 aliphatic heterocycles. The summed E-state index contributed by atoms with van der Waals surface area (Å²) >= 11 is 0. The van der Waals surface area contributed by atoms with Gasteiger partial charge in [-0.15, -0.1) is 0 Å². The van der Waals surface area contributed by atoms with Crippen molar-refractivity contribution in [1.82, 2.24) is 4.90 Å². The predicted molar refractivity (Wildman–Crippen MR) is 136 cm³/mol. The molecule has 1 aliphatic rings. The van der Waals surface area contributed by atoms with Crippen molar-refractivity contribution in [3.05, 3.63) is 124 Å². The Bertz CT molecular complexity index is 1300. The topological polar surface area (TPSA) is 70.0 Å². The number of nitrogens with zero attached hydrogens (tertiary/aromatic N) is 2. The van der Waals surface area contributed by atoms with E-state index >= 15 is 4.39 Å². The molecule has 3 aromatic rings. The second-order valence-corrected chi connectivity index (χ2v) is 8.86. The van der Waals surface area contributed by atoms with E-state index in [0.717, 1.165) is 28.8 Å². The molecule has 2 unspecified atom stereocenters. The minimum Gasteiger partial charge on any atom is -0.478 e. The summed E-state index contributed by atoms with van der Waals surface area (Å²) < 4.78 is 15.6. The summed E-state index contributed by atoms with van der Waals surface area (Å²) in [6, 6.07) is 18.6. The Balaban J connectivity index is 1.72. The quantitative estimate of drug-likeness (QED) is 0.380. The lowest BCUT2D eigenvalue weighted by atomic mass is 9.81. The first kappa shape index (κ1) is 24.1. The van der Waals surface area contributed by atoms with E-state index in [1.54, 1.807) is 18.2 Å². The third kappa shape index (κ3) is 5.38. The van der Waals surface area contributed by atoms with Crippen molar-refractivity contribution in [2.75, 3.05) is 13.6 Å². The Hall–Kier alpha value is -4.06. The molecule has 0 fully saturated rings. The fraction of sp³-hybridized carbons (Fsp3) is 0.207. The van der Waals surface area contributed by atoms with Gasteiger partial charge in [0.2, 0.25) is 0 Å². The van der Waals surface area contributed by atoms with Crippen LogP contribution < -0.4 is 0 Å². The molecule has 0 aromatic heterocycles. The van der Waals surface area contributed by atoms with Gasteiger partial charge in [-0.1, -0.05) is 65.9 Å². The van der Waals surface area contributed by atoms with Gasteiger partial charge in [0.25, 0.3) is 0 Å². The Morgan fingerprint density at radius 2 is 1.77 bits per heavy atom. The summed E-state index contributed by atoms with van der Waals surface area (Å²) in [4.78, 5) is 25.0. The maximum Gasteiger partial charge on any atom is 0.335 e. The minimum atomic E-state index is -1.01. The molecule has 3 aromatic carbocycles. The molecule has 178 valence electrons. The molecule has 2 atom stereocenters. The number of carboxylic acids is 1. The molecule has 0 saturated carbocycles. The zero-order valence-corrected chi connectivity index (χ0v) is 19.7. The number of likely N-dealkylation sites (N-methyl/N-ethyl adjacent to an activating group) is 1. The summed E-state index contributed by atoms with van der Waals surface area (Å²) in [7, 11) is 1.94. The molecular weight excluding hydrogens is 443 g/mol. The van der Waals surface area contributed by atoms with Crippen molar-refractivity contribution in [3.8, 4) is 11.1 Å². The number of benzene rings is 3. The number of aryl methyl sites for hydroxylation is 1. The average Bonchev–Trinajstić information content (AvgIpc) is 2.86. The number of carbonyl (C=O) groups is 1. The van der Waals surface area contributed by atoms with Gasteiger partial charge in [0.05, 0.1) is 5.56 Å². The van der Waals surface area contributed by atoms with Crippen LogP contribution >= 0.6 is 0 Å². The van der Waals surface area contributed by atoms with Crippen LogP contribution in [-0.2, 0) is 0 Å². The van der Waals surface area contributed by atoms with E-state index in [-0.39, 0.29) is 17.3 Å². The molecule has 0 aliphatic carbocycles. The van der Waals surface area contributed by atoms with Crippen LogP contribution in [0.1, 0.15) is 39.4 Å². The summed E-state index contributed by atoms with van der Waals surface area (Å²) in [5, 5.41) is 12.5. The monoisotopic (exact) mass is 470 g/mol. The van der Waals surface area contributed by atoms with Gasteiger partial charge in [-0.2, -0.15) is 4.91 Å². The lowest BCUT2D eigenvalue weighted by Gasteiger charge is -2.26. The SMILES string of the molecule is Cc1ccccc1C(CC(N=O)C1=CN(C)CC=C1)c1ccc(-c2ccc(C(=O)O)cc2)cc1F. The highest BCUT2D eigenvalue weighted by Crippen LogP contribution is 2.37. The lowest BCUT2D eigenvalue weighted by molar-refractivity contribution is 0.0697. The van der Waals surface area contributed by atoms with Crippen LogP contribution in [0.25, 0.3) is 11.1 Å². The predicted octanol–water partition coefficient (Wildman–Crippen LogP) is 6.54. The molecule has 5 nitrogen and oxygen atoms in total. The zero-order chi connectivity index (χ0) is 24.9. The van der Waals surface area contributed by atoms with E-state index in [1.807, 2.05) is 67.6 Å². The molecule has 1 heterocycles. The highest BCUT2D eigenvalue weighted by Gasteiger charge is 2.27. The lowest BCUT2D eigenvalue weighted by Crippen LogP contribution is -2.21. The largest absolute Gasteiger partial charge is 0.478 e. The van der Waals surface area contributed by atoms with Gasteiger partial charge in [0, 0.05) is 25.7 Å². The second kappa shape index (κ2) is 10.5. The van der Waals surface area contributed by atoms with Gasteiger partial charge in [0.15, 0.2) is 0 Å². The van der Waals surface area contributed by atoms with Crippen LogP contribution in [0.5, 0.6) is 0 Å². The number of hydrogen-bond donors (Lipinski definition) is 1. The highest BCUT2D eigenvalue weighted by atomic mass is 19.1. The maximum absolute atomic E-state index is 15.6. The fourth-order valence-corrected chi connectivity index (χ4v) is 4.56. The van der Waals surface area contributed by atoms with E-state index in [2.05, 4.69) is 5.18 Å².